The summed E-state index contributed by atoms with van der Waals surface area (Å²) in [6, 6.07) is 28.9. The Kier molecular flexibility index (Phi) is 2.60. The number of hydrogen-bond donors (Lipinski definition) is 1. The van der Waals surface area contributed by atoms with E-state index in [4.69, 9.17) is 0 Å². The molecular formula is C27H20N2. The van der Waals surface area contributed by atoms with Crippen LogP contribution in [0.4, 0.5) is 11.4 Å². The lowest BCUT2D eigenvalue weighted by Gasteiger charge is -2.23. The molecule has 0 spiro atoms. The summed E-state index contributed by atoms with van der Waals surface area (Å²) in [5.41, 5.74) is 11.7. The van der Waals surface area contributed by atoms with Gasteiger partial charge >= 0.3 is 0 Å². The second-order valence-corrected chi connectivity index (χ2v) is 8.76. The number of nitrogens with one attached hydrogen (secondary N) is 1. The van der Waals surface area contributed by atoms with Crippen LogP contribution in [0.2, 0.25) is 0 Å². The Bertz CT molecular complexity index is 1500. The van der Waals surface area contributed by atoms with Gasteiger partial charge in [-0.1, -0.05) is 62.4 Å². The molecule has 1 N–H and O–H groups in total. The third kappa shape index (κ3) is 1.73. The van der Waals surface area contributed by atoms with Crippen LogP contribution in [0.1, 0.15) is 25.0 Å². The Morgan fingerprint density at radius 1 is 0.690 bits per heavy atom. The Hall–Kier alpha value is -3.52. The first-order chi connectivity index (χ1) is 14.1. The van der Waals surface area contributed by atoms with Crippen molar-refractivity contribution in [2.24, 2.45) is 0 Å². The average molecular weight is 372 g/mol. The van der Waals surface area contributed by atoms with Gasteiger partial charge < -0.3 is 9.88 Å². The monoisotopic (exact) mass is 372 g/mol. The fourth-order valence-electron chi connectivity index (χ4n) is 5.53. The SMILES string of the molecule is CC1(C)c2ccccc2-c2cc3c4cccc5c4n(c3cc21)-c1ccccc1N5. The smallest absolute Gasteiger partial charge is 0.0777 e. The Morgan fingerprint density at radius 3 is 2.41 bits per heavy atom. The first-order valence-electron chi connectivity index (χ1n) is 10.2. The molecule has 4 aromatic carbocycles. The molecule has 1 aliphatic carbocycles. The quantitative estimate of drug-likeness (QED) is 0.300. The van der Waals surface area contributed by atoms with E-state index in [0.717, 1.165) is 5.69 Å². The van der Waals surface area contributed by atoms with Crippen LogP contribution < -0.4 is 5.32 Å². The van der Waals surface area contributed by atoms with E-state index >= 15 is 0 Å². The van der Waals surface area contributed by atoms with Crippen LogP contribution in [0.25, 0.3) is 38.6 Å². The molecule has 0 amide bonds. The molecule has 0 radical (unpaired) electrons. The second-order valence-electron chi connectivity index (χ2n) is 8.76. The molecule has 2 heterocycles. The van der Waals surface area contributed by atoms with Crippen LogP contribution in [0, 0.1) is 0 Å². The molecule has 7 rings (SSSR count). The van der Waals surface area contributed by atoms with Crippen LogP contribution in [-0.2, 0) is 5.41 Å². The lowest BCUT2D eigenvalue weighted by molar-refractivity contribution is 0.661. The second kappa shape index (κ2) is 4.90. The molecule has 5 aromatic rings. The molecule has 1 aromatic heterocycles. The topological polar surface area (TPSA) is 17.0 Å². The highest BCUT2D eigenvalue weighted by molar-refractivity contribution is 6.16. The van der Waals surface area contributed by atoms with Crippen molar-refractivity contribution in [3.05, 3.63) is 90.0 Å². The fourth-order valence-corrected chi connectivity index (χ4v) is 5.53. The normalized spacial score (nSPS) is 15.1. The van der Waals surface area contributed by atoms with E-state index in [2.05, 4.69) is 103 Å². The summed E-state index contributed by atoms with van der Waals surface area (Å²) >= 11 is 0. The first-order valence-corrected chi connectivity index (χ1v) is 10.2. The van der Waals surface area contributed by atoms with Gasteiger partial charge in [0.05, 0.1) is 28.1 Å². The maximum absolute atomic E-state index is 3.63. The maximum atomic E-state index is 3.63. The van der Waals surface area contributed by atoms with E-state index in [-0.39, 0.29) is 5.41 Å². The lowest BCUT2D eigenvalue weighted by Crippen LogP contribution is -2.15. The summed E-state index contributed by atoms with van der Waals surface area (Å²) in [7, 11) is 0. The summed E-state index contributed by atoms with van der Waals surface area (Å²) < 4.78 is 2.45. The number of para-hydroxylation sites is 3. The zero-order valence-corrected chi connectivity index (χ0v) is 16.5. The van der Waals surface area contributed by atoms with Gasteiger partial charge in [-0.05, 0) is 52.6 Å². The van der Waals surface area contributed by atoms with Crippen LogP contribution >= 0.6 is 0 Å². The van der Waals surface area contributed by atoms with Crippen molar-refractivity contribution in [3.8, 4) is 16.8 Å². The summed E-state index contributed by atoms with van der Waals surface area (Å²) in [6.07, 6.45) is 0. The van der Waals surface area contributed by atoms with Crippen molar-refractivity contribution in [2.75, 3.05) is 5.32 Å². The van der Waals surface area contributed by atoms with Gasteiger partial charge in [0.25, 0.3) is 0 Å². The summed E-state index contributed by atoms with van der Waals surface area (Å²) in [6.45, 7) is 4.70. The molecule has 138 valence electrons. The van der Waals surface area contributed by atoms with Crippen molar-refractivity contribution >= 4 is 33.2 Å². The molecule has 0 bridgehead atoms. The molecule has 2 nitrogen and oxygen atoms in total. The molecule has 2 heteroatoms. The third-order valence-corrected chi connectivity index (χ3v) is 6.90. The Morgan fingerprint density at radius 2 is 1.48 bits per heavy atom. The van der Waals surface area contributed by atoms with E-state index in [1.54, 1.807) is 0 Å². The van der Waals surface area contributed by atoms with Crippen molar-refractivity contribution in [1.29, 1.82) is 0 Å². The highest BCUT2D eigenvalue weighted by atomic mass is 15.1. The minimum absolute atomic E-state index is 0.00607. The van der Waals surface area contributed by atoms with Crippen LogP contribution in [0.5, 0.6) is 0 Å². The molecule has 0 fully saturated rings. The lowest BCUT2D eigenvalue weighted by atomic mass is 9.82. The molecule has 0 saturated carbocycles. The standard InChI is InChI=1S/C27H20N2/c1-27(2)20-10-4-3-8-16(20)18-14-19-17-9-7-12-23-26(17)29(25(19)15-21(18)27)24-13-6-5-11-22(24)28-23/h3-15,28H,1-2H3. The number of aromatic nitrogens is 1. The van der Waals surface area contributed by atoms with Gasteiger partial charge in [0, 0.05) is 16.2 Å². The van der Waals surface area contributed by atoms with E-state index in [1.165, 1.54) is 55.4 Å². The summed E-state index contributed by atoms with van der Waals surface area (Å²) in [4.78, 5) is 0. The van der Waals surface area contributed by atoms with Crippen molar-refractivity contribution in [3.63, 3.8) is 0 Å². The highest BCUT2D eigenvalue weighted by Gasteiger charge is 2.36. The number of benzene rings is 4. The summed E-state index contributed by atoms with van der Waals surface area (Å²) in [5.74, 6) is 0. The molecule has 0 unspecified atom stereocenters. The minimum atomic E-state index is 0.00607. The largest absolute Gasteiger partial charge is 0.352 e. The molecule has 2 aliphatic rings. The van der Waals surface area contributed by atoms with Gasteiger partial charge in [-0.2, -0.15) is 0 Å². The molecule has 0 atom stereocenters. The van der Waals surface area contributed by atoms with Gasteiger partial charge in [-0.3, -0.25) is 0 Å². The first kappa shape index (κ1) is 15.4. The van der Waals surface area contributed by atoms with Crippen molar-refractivity contribution in [2.45, 2.75) is 19.3 Å². The van der Waals surface area contributed by atoms with Crippen molar-refractivity contribution in [1.82, 2.24) is 4.57 Å². The van der Waals surface area contributed by atoms with E-state index in [0.29, 0.717) is 0 Å². The minimum Gasteiger partial charge on any atom is -0.352 e. The predicted molar refractivity (Wildman–Crippen MR) is 122 cm³/mol. The van der Waals surface area contributed by atoms with E-state index < -0.39 is 0 Å². The third-order valence-electron chi connectivity index (χ3n) is 6.90. The average Bonchev–Trinajstić information content (AvgIpc) is 3.19. The van der Waals surface area contributed by atoms with Gasteiger partial charge in [0.15, 0.2) is 0 Å². The maximum Gasteiger partial charge on any atom is 0.0777 e. The van der Waals surface area contributed by atoms with Gasteiger partial charge in [0.1, 0.15) is 0 Å². The van der Waals surface area contributed by atoms with Crippen molar-refractivity contribution < 1.29 is 0 Å². The Labute approximate surface area is 169 Å². The molecule has 29 heavy (non-hydrogen) atoms. The zero-order chi connectivity index (χ0) is 19.3. The summed E-state index contributed by atoms with van der Waals surface area (Å²) in [5, 5.41) is 6.27. The van der Waals surface area contributed by atoms with Gasteiger partial charge in [-0.15, -0.1) is 0 Å². The number of rotatable bonds is 0. The molecule has 0 saturated heterocycles. The van der Waals surface area contributed by atoms with Crippen LogP contribution in [-0.4, -0.2) is 4.57 Å². The highest BCUT2D eigenvalue weighted by Crippen LogP contribution is 2.52. The van der Waals surface area contributed by atoms with E-state index in [9.17, 15) is 0 Å². The number of hydrogen-bond acceptors (Lipinski definition) is 1. The zero-order valence-electron chi connectivity index (χ0n) is 16.5. The predicted octanol–water partition coefficient (Wildman–Crippen LogP) is 7.15. The van der Waals surface area contributed by atoms with Crippen LogP contribution in [0.15, 0.2) is 78.9 Å². The fraction of sp³-hybridized carbons (Fsp3) is 0.111. The molecular weight excluding hydrogens is 352 g/mol. The van der Waals surface area contributed by atoms with Gasteiger partial charge in [-0.25, -0.2) is 0 Å². The molecule has 1 aliphatic heterocycles. The Balaban J connectivity index is 1.69. The van der Waals surface area contributed by atoms with Gasteiger partial charge in [0.2, 0.25) is 0 Å². The van der Waals surface area contributed by atoms with Crippen LogP contribution in [0.3, 0.4) is 0 Å². The number of nitrogens with zero attached hydrogens (tertiary/aromatic N) is 1. The number of fused-ring (bicyclic) bond motifs is 8. The number of anilines is 2. The van der Waals surface area contributed by atoms with E-state index in [1.807, 2.05) is 0 Å².